The normalized spacial score (nSPS) is 23.7. The fourth-order valence-corrected chi connectivity index (χ4v) is 2.60. The van der Waals surface area contributed by atoms with Crippen molar-refractivity contribution in [3.8, 4) is 0 Å². The third kappa shape index (κ3) is 3.25. The summed E-state index contributed by atoms with van der Waals surface area (Å²) in [4.78, 5) is 12.0. The second-order valence-corrected chi connectivity index (χ2v) is 5.82. The first kappa shape index (κ1) is 13.8. The number of amides is 1. The number of carbonyl (C=O) groups is 1. The molecule has 1 aromatic carbocycles. The zero-order valence-corrected chi connectivity index (χ0v) is 12.2. The Morgan fingerprint density at radius 1 is 1.39 bits per heavy atom. The topological polar surface area (TPSA) is 49.3 Å². The van der Waals surface area contributed by atoms with Gasteiger partial charge in [-0.3, -0.25) is 4.79 Å². The lowest BCUT2D eigenvalue weighted by molar-refractivity contribution is 0.0717. The van der Waals surface area contributed by atoms with Crippen molar-refractivity contribution in [3.05, 3.63) is 33.3 Å². The van der Waals surface area contributed by atoms with Gasteiger partial charge in [0.2, 0.25) is 0 Å². The van der Waals surface area contributed by atoms with E-state index in [-0.39, 0.29) is 11.9 Å². The van der Waals surface area contributed by atoms with E-state index in [4.69, 9.17) is 11.6 Å². The first-order valence-corrected chi connectivity index (χ1v) is 7.19. The van der Waals surface area contributed by atoms with Crippen molar-refractivity contribution in [1.82, 2.24) is 5.32 Å². The predicted molar refractivity (Wildman–Crippen MR) is 74.9 cm³/mol. The van der Waals surface area contributed by atoms with Crippen LogP contribution in [-0.4, -0.2) is 23.2 Å². The largest absolute Gasteiger partial charge is 0.391 e. The first-order chi connectivity index (χ1) is 8.58. The van der Waals surface area contributed by atoms with Gasteiger partial charge in [0.05, 0.1) is 17.2 Å². The second-order valence-electron chi connectivity index (χ2n) is 4.56. The van der Waals surface area contributed by atoms with Gasteiger partial charge in [-0.15, -0.1) is 0 Å². The highest BCUT2D eigenvalue weighted by molar-refractivity contribution is 9.10. The molecule has 18 heavy (non-hydrogen) atoms. The number of halogens is 2. The number of rotatable bonds is 2. The van der Waals surface area contributed by atoms with E-state index in [1.54, 1.807) is 18.2 Å². The fourth-order valence-electron chi connectivity index (χ4n) is 2.17. The minimum Gasteiger partial charge on any atom is -0.391 e. The molecule has 1 amide bonds. The van der Waals surface area contributed by atoms with Crippen molar-refractivity contribution in [2.24, 2.45) is 0 Å². The molecule has 1 aromatic rings. The average molecular weight is 333 g/mol. The molecule has 5 heteroatoms. The molecule has 98 valence electrons. The van der Waals surface area contributed by atoms with Gasteiger partial charge >= 0.3 is 0 Å². The monoisotopic (exact) mass is 331 g/mol. The Bertz CT molecular complexity index is 453. The molecular formula is C13H15BrClNO2. The number of carbonyl (C=O) groups excluding carboxylic acids is 1. The highest BCUT2D eigenvalue weighted by Crippen LogP contribution is 2.24. The molecule has 2 N–H and O–H groups in total. The summed E-state index contributed by atoms with van der Waals surface area (Å²) in [5, 5.41) is 13.2. The van der Waals surface area contributed by atoms with Crippen LogP contribution in [0.25, 0.3) is 0 Å². The van der Waals surface area contributed by atoms with Crippen molar-refractivity contribution in [3.63, 3.8) is 0 Å². The lowest BCUT2D eigenvalue weighted by atomic mass is 9.92. The van der Waals surface area contributed by atoms with Gasteiger partial charge in [-0.2, -0.15) is 0 Å². The summed E-state index contributed by atoms with van der Waals surface area (Å²) in [6.45, 7) is 0. The van der Waals surface area contributed by atoms with Crippen LogP contribution in [0.2, 0.25) is 5.02 Å². The van der Waals surface area contributed by atoms with Crippen LogP contribution < -0.4 is 5.32 Å². The molecule has 0 heterocycles. The number of aliphatic hydroxyl groups excluding tert-OH is 1. The van der Waals surface area contributed by atoms with Gasteiger partial charge in [0, 0.05) is 10.0 Å². The van der Waals surface area contributed by atoms with E-state index >= 15 is 0 Å². The summed E-state index contributed by atoms with van der Waals surface area (Å²) in [6, 6.07) is 4.93. The van der Waals surface area contributed by atoms with Gasteiger partial charge in [-0.25, -0.2) is 0 Å². The Morgan fingerprint density at radius 2 is 2.11 bits per heavy atom. The molecule has 0 bridgehead atoms. The molecule has 1 saturated carbocycles. The average Bonchev–Trinajstić information content (AvgIpc) is 2.35. The van der Waals surface area contributed by atoms with E-state index in [1.165, 1.54) is 0 Å². The van der Waals surface area contributed by atoms with Crippen LogP contribution in [0, 0.1) is 0 Å². The van der Waals surface area contributed by atoms with Crippen LogP contribution in [0.1, 0.15) is 36.0 Å². The minimum atomic E-state index is -0.436. The Kier molecular flexibility index (Phi) is 4.65. The lowest BCUT2D eigenvalue weighted by Crippen LogP contribution is -2.45. The molecule has 2 atom stereocenters. The SMILES string of the molecule is O=C(NC1CCCCC1O)c1ccc(Br)c(Cl)c1. The summed E-state index contributed by atoms with van der Waals surface area (Å²) in [6.07, 6.45) is 3.22. The maximum Gasteiger partial charge on any atom is 0.251 e. The molecule has 1 fully saturated rings. The number of nitrogens with one attached hydrogen (secondary N) is 1. The molecule has 1 aliphatic rings. The Hall–Kier alpha value is -0.580. The van der Waals surface area contributed by atoms with Crippen molar-refractivity contribution in [1.29, 1.82) is 0 Å². The number of benzene rings is 1. The molecule has 0 saturated heterocycles. The van der Waals surface area contributed by atoms with E-state index in [1.807, 2.05) is 0 Å². The Labute approximate surface area is 120 Å². The van der Waals surface area contributed by atoms with Crippen LogP contribution in [0.4, 0.5) is 0 Å². The number of aliphatic hydroxyl groups is 1. The molecule has 2 rings (SSSR count). The van der Waals surface area contributed by atoms with Gasteiger partial charge in [-0.05, 0) is 47.0 Å². The Balaban J connectivity index is 2.04. The van der Waals surface area contributed by atoms with Crippen LogP contribution in [0.15, 0.2) is 22.7 Å². The standard InChI is InChI=1S/C13H15BrClNO2/c14-9-6-5-8(7-10(9)15)13(18)16-11-3-1-2-4-12(11)17/h5-7,11-12,17H,1-4H2,(H,16,18). The molecular weight excluding hydrogens is 318 g/mol. The van der Waals surface area contributed by atoms with E-state index in [2.05, 4.69) is 21.2 Å². The molecule has 3 nitrogen and oxygen atoms in total. The summed E-state index contributed by atoms with van der Waals surface area (Å²) >= 11 is 9.24. The Morgan fingerprint density at radius 3 is 2.78 bits per heavy atom. The zero-order valence-electron chi connectivity index (χ0n) is 9.83. The van der Waals surface area contributed by atoms with Crippen LogP contribution in [-0.2, 0) is 0 Å². The van der Waals surface area contributed by atoms with Crippen LogP contribution >= 0.6 is 27.5 Å². The number of hydrogen-bond acceptors (Lipinski definition) is 2. The molecule has 0 aliphatic heterocycles. The van der Waals surface area contributed by atoms with E-state index in [9.17, 15) is 9.90 Å². The van der Waals surface area contributed by atoms with Gasteiger partial charge in [0.1, 0.15) is 0 Å². The van der Waals surface area contributed by atoms with Crippen molar-refractivity contribution in [2.45, 2.75) is 37.8 Å². The van der Waals surface area contributed by atoms with Crippen molar-refractivity contribution in [2.75, 3.05) is 0 Å². The number of hydrogen-bond donors (Lipinski definition) is 2. The van der Waals surface area contributed by atoms with Gasteiger partial charge in [0.15, 0.2) is 0 Å². The van der Waals surface area contributed by atoms with E-state index < -0.39 is 6.10 Å². The third-order valence-corrected chi connectivity index (χ3v) is 4.46. The van der Waals surface area contributed by atoms with Crippen LogP contribution in [0.5, 0.6) is 0 Å². The highest BCUT2D eigenvalue weighted by atomic mass is 79.9. The molecule has 0 aromatic heterocycles. The van der Waals surface area contributed by atoms with Crippen molar-refractivity contribution < 1.29 is 9.90 Å². The van der Waals surface area contributed by atoms with Gasteiger partial charge < -0.3 is 10.4 Å². The molecule has 2 unspecified atom stereocenters. The second kappa shape index (κ2) is 6.04. The maximum atomic E-state index is 12.0. The summed E-state index contributed by atoms with van der Waals surface area (Å²) in [5.41, 5.74) is 0.515. The van der Waals surface area contributed by atoms with Crippen LogP contribution in [0.3, 0.4) is 0 Å². The molecule has 0 radical (unpaired) electrons. The van der Waals surface area contributed by atoms with Crippen molar-refractivity contribution >= 4 is 33.4 Å². The van der Waals surface area contributed by atoms with Gasteiger partial charge in [-0.1, -0.05) is 24.4 Å². The maximum absolute atomic E-state index is 12.0. The quantitative estimate of drug-likeness (QED) is 0.874. The fraction of sp³-hybridized carbons (Fsp3) is 0.462. The first-order valence-electron chi connectivity index (χ1n) is 6.02. The lowest BCUT2D eigenvalue weighted by Gasteiger charge is -2.28. The summed E-state index contributed by atoms with van der Waals surface area (Å²) in [5.74, 6) is -0.185. The summed E-state index contributed by atoms with van der Waals surface area (Å²) < 4.78 is 0.762. The molecule has 1 aliphatic carbocycles. The summed E-state index contributed by atoms with van der Waals surface area (Å²) in [7, 11) is 0. The van der Waals surface area contributed by atoms with E-state index in [0.717, 1.165) is 30.2 Å². The zero-order chi connectivity index (χ0) is 13.1. The molecule has 0 spiro atoms. The van der Waals surface area contributed by atoms with E-state index in [0.29, 0.717) is 10.6 Å². The predicted octanol–water partition coefficient (Wildman–Crippen LogP) is 3.14. The minimum absolute atomic E-state index is 0.145. The smallest absolute Gasteiger partial charge is 0.251 e. The third-order valence-electron chi connectivity index (χ3n) is 3.23. The highest BCUT2D eigenvalue weighted by Gasteiger charge is 2.24. The van der Waals surface area contributed by atoms with Gasteiger partial charge in [0.25, 0.3) is 5.91 Å².